The number of anilines is 1. The Morgan fingerprint density at radius 1 is 0.963 bits per heavy atom. The number of H-pyrrole nitrogens is 1. The first kappa shape index (κ1) is 16.2. The molecule has 132 valence electrons. The molecule has 0 aliphatic heterocycles. The first-order valence-corrected chi connectivity index (χ1v) is 9.46. The fourth-order valence-corrected chi connectivity index (χ4v) is 3.88. The normalized spacial score (nSPS) is 11.4. The summed E-state index contributed by atoms with van der Waals surface area (Å²) in [5.74, 6) is 1.87. The smallest absolute Gasteiger partial charge is 0.187 e. The predicted molar refractivity (Wildman–Crippen MR) is 113 cm³/mol. The first-order valence-electron chi connectivity index (χ1n) is 8.38. The molecule has 0 fully saturated rings. The third kappa shape index (κ3) is 2.72. The maximum atomic E-state index is 6.14. The number of hydrogen-bond acceptors (Lipinski definition) is 5. The lowest BCUT2D eigenvalue weighted by Crippen LogP contribution is -2.07. The molecular formula is C19H14IN7. The molecule has 0 unspecified atom stereocenters. The molecule has 3 aromatic heterocycles. The lowest BCUT2D eigenvalue weighted by atomic mass is 10.2. The third-order valence-corrected chi connectivity index (χ3v) is 5.19. The van der Waals surface area contributed by atoms with Crippen LogP contribution in [0.3, 0.4) is 0 Å². The van der Waals surface area contributed by atoms with Gasteiger partial charge in [0, 0.05) is 5.69 Å². The average molecular weight is 467 g/mol. The van der Waals surface area contributed by atoms with E-state index in [0.29, 0.717) is 23.7 Å². The molecule has 0 aliphatic rings. The largest absolute Gasteiger partial charge is 0.383 e. The van der Waals surface area contributed by atoms with E-state index in [9.17, 15) is 0 Å². The molecule has 0 bridgehead atoms. The van der Waals surface area contributed by atoms with Crippen LogP contribution in [0.4, 0.5) is 5.82 Å². The highest BCUT2D eigenvalue weighted by Crippen LogP contribution is 2.25. The lowest BCUT2D eigenvalue weighted by Gasteiger charge is -2.09. The minimum Gasteiger partial charge on any atom is -0.383 e. The van der Waals surface area contributed by atoms with E-state index < -0.39 is 0 Å². The standard InChI is InChI=1S/C19H14IN7/c20-17-16-18(21)23-14(24-19(16)26-25-17)10-15-22-12-8-4-5-9-13(12)27(15)11-6-2-1-3-7-11/h1-9H,10H2,(H3,21,23,24,25,26). The molecule has 5 rings (SSSR count). The number of nitrogen functional groups attached to an aromatic ring is 1. The Hall–Kier alpha value is -3.01. The second-order valence-electron chi connectivity index (χ2n) is 6.13. The highest BCUT2D eigenvalue weighted by Gasteiger charge is 2.16. The van der Waals surface area contributed by atoms with Crippen LogP contribution in [0.2, 0.25) is 0 Å². The predicted octanol–water partition coefficient (Wildman–Crippen LogP) is 3.47. The van der Waals surface area contributed by atoms with E-state index in [2.05, 4.69) is 65.5 Å². The molecule has 0 atom stereocenters. The molecule has 0 saturated heterocycles. The zero-order valence-electron chi connectivity index (χ0n) is 14.1. The van der Waals surface area contributed by atoms with E-state index in [1.54, 1.807) is 0 Å². The van der Waals surface area contributed by atoms with Crippen LogP contribution >= 0.6 is 22.6 Å². The molecule has 0 saturated carbocycles. The molecule has 5 aromatic rings. The Kier molecular flexibility index (Phi) is 3.78. The summed E-state index contributed by atoms with van der Waals surface area (Å²) >= 11 is 2.14. The molecule has 0 radical (unpaired) electrons. The number of halogens is 1. The summed E-state index contributed by atoms with van der Waals surface area (Å²) in [4.78, 5) is 13.9. The summed E-state index contributed by atoms with van der Waals surface area (Å²) in [6.45, 7) is 0. The summed E-state index contributed by atoms with van der Waals surface area (Å²) in [5.41, 5.74) is 9.73. The van der Waals surface area contributed by atoms with Crippen molar-refractivity contribution in [1.82, 2.24) is 29.7 Å². The summed E-state index contributed by atoms with van der Waals surface area (Å²) in [6, 6.07) is 18.2. The molecule has 8 heteroatoms. The van der Waals surface area contributed by atoms with E-state index in [4.69, 9.17) is 10.7 Å². The highest BCUT2D eigenvalue weighted by atomic mass is 127. The van der Waals surface area contributed by atoms with Crippen molar-refractivity contribution in [2.24, 2.45) is 0 Å². The van der Waals surface area contributed by atoms with E-state index in [-0.39, 0.29) is 0 Å². The van der Waals surface area contributed by atoms with Gasteiger partial charge in [-0.25, -0.2) is 15.0 Å². The maximum absolute atomic E-state index is 6.14. The number of hydrogen-bond donors (Lipinski definition) is 2. The average Bonchev–Trinajstić information content (AvgIpc) is 3.23. The van der Waals surface area contributed by atoms with E-state index in [1.165, 1.54) is 0 Å². The van der Waals surface area contributed by atoms with Gasteiger partial charge >= 0.3 is 0 Å². The van der Waals surface area contributed by atoms with Crippen molar-refractivity contribution in [2.45, 2.75) is 6.42 Å². The van der Waals surface area contributed by atoms with Crippen LogP contribution in [-0.2, 0) is 6.42 Å². The number of nitrogens with zero attached hydrogens (tertiary/aromatic N) is 5. The van der Waals surface area contributed by atoms with Gasteiger partial charge in [-0.1, -0.05) is 30.3 Å². The minimum atomic E-state index is 0.426. The van der Waals surface area contributed by atoms with Crippen molar-refractivity contribution in [1.29, 1.82) is 0 Å². The van der Waals surface area contributed by atoms with Crippen LogP contribution in [0.1, 0.15) is 11.6 Å². The Morgan fingerprint density at radius 2 is 1.74 bits per heavy atom. The zero-order chi connectivity index (χ0) is 18.4. The van der Waals surface area contributed by atoms with Gasteiger partial charge in [0.25, 0.3) is 0 Å². The summed E-state index contributed by atoms with van der Waals surface area (Å²) in [5, 5.41) is 7.87. The van der Waals surface area contributed by atoms with Gasteiger partial charge in [-0.05, 0) is 46.9 Å². The quantitative estimate of drug-likeness (QED) is 0.396. The first-order chi connectivity index (χ1) is 13.2. The zero-order valence-corrected chi connectivity index (χ0v) is 16.3. The molecule has 3 heterocycles. The third-order valence-electron chi connectivity index (χ3n) is 4.40. The number of rotatable bonds is 3. The fraction of sp³-hybridized carbons (Fsp3) is 0.0526. The van der Waals surface area contributed by atoms with Crippen LogP contribution in [0.5, 0.6) is 0 Å². The number of nitrogens with one attached hydrogen (secondary N) is 1. The van der Waals surface area contributed by atoms with Crippen molar-refractivity contribution in [2.75, 3.05) is 5.73 Å². The van der Waals surface area contributed by atoms with Crippen LogP contribution in [0.15, 0.2) is 54.6 Å². The Balaban J connectivity index is 1.67. The highest BCUT2D eigenvalue weighted by molar-refractivity contribution is 14.1. The van der Waals surface area contributed by atoms with Crippen molar-refractivity contribution in [3.05, 3.63) is 69.9 Å². The van der Waals surface area contributed by atoms with Crippen LogP contribution in [0.25, 0.3) is 27.8 Å². The van der Waals surface area contributed by atoms with Gasteiger partial charge in [0.1, 0.15) is 21.2 Å². The summed E-state index contributed by atoms with van der Waals surface area (Å²) in [6.07, 6.45) is 0.452. The number of imidazole rings is 1. The SMILES string of the molecule is Nc1nc(Cc2nc3ccccc3n2-c2ccccc2)nc2n[nH]c(I)c12. The molecule has 27 heavy (non-hydrogen) atoms. The molecule has 2 aromatic carbocycles. The van der Waals surface area contributed by atoms with E-state index in [0.717, 1.165) is 31.6 Å². The van der Waals surface area contributed by atoms with Crippen molar-refractivity contribution >= 4 is 50.5 Å². The van der Waals surface area contributed by atoms with Gasteiger partial charge < -0.3 is 5.73 Å². The number of fused-ring (bicyclic) bond motifs is 2. The van der Waals surface area contributed by atoms with E-state index >= 15 is 0 Å². The second-order valence-corrected chi connectivity index (χ2v) is 7.20. The summed E-state index contributed by atoms with van der Waals surface area (Å²) in [7, 11) is 0. The van der Waals surface area contributed by atoms with Gasteiger partial charge in [0.05, 0.1) is 22.8 Å². The minimum absolute atomic E-state index is 0.426. The van der Waals surface area contributed by atoms with Crippen LogP contribution in [0, 0.1) is 3.70 Å². The lowest BCUT2D eigenvalue weighted by molar-refractivity contribution is 0.877. The van der Waals surface area contributed by atoms with Gasteiger partial charge in [0.2, 0.25) is 0 Å². The number of aromatic nitrogens is 6. The summed E-state index contributed by atoms with van der Waals surface area (Å²) < 4.78 is 2.97. The van der Waals surface area contributed by atoms with Gasteiger partial charge in [0.15, 0.2) is 5.65 Å². The maximum Gasteiger partial charge on any atom is 0.187 e. The second kappa shape index (κ2) is 6.31. The fourth-order valence-electron chi connectivity index (χ4n) is 3.24. The Morgan fingerprint density at radius 3 is 2.59 bits per heavy atom. The van der Waals surface area contributed by atoms with Gasteiger partial charge in [-0.2, -0.15) is 5.10 Å². The van der Waals surface area contributed by atoms with Crippen LogP contribution < -0.4 is 5.73 Å². The van der Waals surface area contributed by atoms with Crippen molar-refractivity contribution in [3.63, 3.8) is 0 Å². The van der Waals surface area contributed by atoms with Gasteiger partial charge in [-0.15, -0.1) is 0 Å². The van der Waals surface area contributed by atoms with Crippen molar-refractivity contribution < 1.29 is 0 Å². The molecule has 3 N–H and O–H groups in total. The number of para-hydroxylation sites is 3. The molecular weight excluding hydrogens is 453 g/mol. The van der Waals surface area contributed by atoms with Crippen LogP contribution in [-0.4, -0.2) is 29.7 Å². The molecule has 7 nitrogen and oxygen atoms in total. The topological polar surface area (TPSA) is 98.3 Å². The Labute approximate surface area is 167 Å². The van der Waals surface area contributed by atoms with Crippen molar-refractivity contribution in [3.8, 4) is 5.69 Å². The molecule has 0 aliphatic carbocycles. The van der Waals surface area contributed by atoms with E-state index in [1.807, 2.05) is 36.4 Å². The monoisotopic (exact) mass is 467 g/mol. The number of benzene rings is 2. The molecule has 0 amide bonds. The van der Waals surface area contributed by atoms with Gasteiger partial charge in [-0.3, -0.25) is 9.67 Å². The number of nitrogens with two attached hydrogens (primary N) is 1. The number of aromatic amines is 1. The Bertz CT molecular complexity index is 1270. The molecule has 0 spiro atoms.